The molecule has 0 fully saturated rings. The van der Waals surface area contributed by atoms with E-state index in [-0.39, 0.29) is 15.9 Å². The summed E-state index contributed by atoms with van der Waals surface area (Å²) in [6.45, 7) is 3.90. The molecule has 0 aromatic heterocycles. The smallest absolute Gasteiger partial charge is 0.423 e. The third kappa shape index (κ3) is 2.35. The third-order valence-electron chi connectivity index (χ3n) is 2.02. The molecule has 0 saturated heterocycles. The van der Waals surface area contributed by atoms with E-state index in [0.29, 0.717) is 0 Å². The first-order valence-corrected chi connectivity index (χ1v) is 5.07. The molecule has 0 aliphatic rings. The van der Waals surface area contributed by atoms with E-state index in [4.69, 9.17) is 10.0 Å². The zero-order chi connectivity index (χ0) is 10.9. The Morgan fingerprint density at radius 3 is 2.36 bits per heavy atom. The molecule has 0 aliphatic heterocycles. The van der Waals surface area contributed by atoms with Gasteiger partial charge in [-0.2, -0.15) is 0 Å². The Labute approximate surface area is 91.0 Å². The number of hydrogen-bond acceptors (Lipinski definition) is 2. The molecular formula is C9H11BBrFO2. The normalized spacial score (nSPS) is 10.8. The lowest BCUT2D eigenvalue weighted by atomic mass is 9.78. The summed E-state index contributed by atoms with van der Waals surface area (Å²) in [6, 6.07) is 3.11. The second-order valence-corrected chi connectivity index (χ2v) is 4.29. The molecule has 1 aromatic rings. The molecule has 0 bridgehead atoms. The molecular weight excluding hydrogens is 250 g/mol. The molecule has 0 aliphatic carbocycles. The first-order chi connectivity index (χ1) is 6.43. The van der Waals surface area contributed by atoms with E-state index < -0.39 is 12.9 Å². The van der Waals surface area contributed by atoms with Crippen molar-refractivity contribution in [3.05, 3.63) is 28.0 Å². The van der Waals surface area contributed by atoms with Gasteiger partial charge in [0.15, 0.2) is 0 Å². The summed E-state index contributed by atoms with van der Waals surface area (Å²) in [4.78, 5) is 0. The fraction of sp³-hybridized carbons (Fsp3) is 0.333. The van der Waals surface area contributed by atoms with Gasteiger partial charge in [-0.25, -0.2) is 4.39 Å². The van der Waals surface area contributed by atoms with E-state index >= 15 is 0 Å². The van der Waals surface area contributed by atoms with E-state index in [1.165, 1.54) is 6.07 Å². The maximum atomic E-state index is 13.3. The van der Waals surface area contributed by atoms with Crippen LogP contribution in [0.15, 0.2) is 16.6 Å². The Kier molecular flexibility index (Phi) is 3.69. The minimum atomic E-state index is -1.77. The molecule has 1 rings (SSSR count). The van der Waals surface area contributed by atoms with E-state index in [9.17, 15) is 4.39 Å². The van der Waals surface area contributed by atoms with Gasteiger partial charge in [-0.3, -0.25) is 0 Å². The minimum Gasteiger partial charge on any atom is -0.423 e. The molecule has 5 heteroatoms. The lowest BCUT2D eigenvalue weighted by molar-refractivity contribution is 0.422. The van der Waals surface area contributed by atoms with Gasteiger partial charge in [0.05, 0.1) is 4.47 Å². The Balaban J connectivity index is 3.28. The highest BCUT2D eigenvalue weighted by atomic mass is 79.9. The van der Waals surface area contributed by atoms with Gasteiger partial charge in [-0.05, 0) is 33.5 Å². The van der Waals surface area contributed by atoms with Crippen LogP contribution in [0.4, 0.5) is 4.39 Å². The number of benzene rings is 1. The fourth-order valence-electron chi connectivity index (χ4n) is 1.15. The van der Waals surface area contributed by atoms with Crippen molar-refractivity contribution in [3.8, 4) is 0 Å². The Morgan fingerprint density at radius 2 is 1.93 bits per heavy atom. The van der Waals surface area contributed by atoms with Gasteiger partial charge >= 0.3 is 7.12 Å². The molecule has 14 heavy (non-hydrogen) atoms. The van der Waals surface area contributed by atoms with Crippen LogP contribution in [0.1, 0.15) is 25.3 Å². The maximum absolute atomic E-state index is 13.3. The first-order valence-electron chi connectivity index (χ1n) is 4.28. The quantitative estimate of drug-likeness (QED) is 0.790. The van der Waals surface area contributed by atoms with Gasteiger partial charge < -0.3 is 10.0 Å². The summed E-state index contributed by atoms with van der Waals surface area (Å²) in [5.74, 6) is -0.409. The molecule has 0 heterocycles. The summed E-state index contributed by atoms with van der Waals surface area (Å²) in [6.07, 6.45) is 0. The van der Waals surface area contributed by atoms with E-state index in [2.05, 4.69) is 15.9 Å². The predicted octanol–water partition coefficient (Wildman–Crippen LogP) is 1.39. The lowest BCUT2D eigenvalue weighted by Gasteiger charge is -2.10. The van der Waals surface area contributed by atoms with Crippen molar-refractivity contribution >= 4 is 28.5 Å². The number of rotatable bonds is 2. The van der Waals surface area contributed by atoms with E-state index in [1.807, 2.05) is 13.8 Å². The van der Waals surface area contributed by atoms with E-state index in [0.717, 1.165) is 5.56 Å². The first kappa shape index (κ1) is 11.7. The summed E-state index contributed by atoms with van der Waals surface area (Å²) in [5.41, 5.74) is 0.768. The predicted molar refractivity (Wildman–Crippen MR) is 58.0 cm³/mol. The molecule has 2 nitrogen and oxygen atoms in total. The molecule has 2 N–H and O–H groups in total. The van der Waals surface area contributed by atoms with Crippen LogP contribution in [0.3, 0.4) is 0 Å². The van der Waals surface area contributed by atoms with Crippen molar-refractivity contribution in [1.29, 1.82) is 0 Å². The molecule has 0 saturated carbocycles. The second-order valence-electron chi connectivity index (χ2n) is 3.43. The number of hydrogen-bond donors (Lipinski definition) is 2. The summed E-state index contributed by atoms with van der Waals surface area (Å²) < 4.78 is 13.6. The van der Waals surface area contributed by atoms with Gasteiger partial charge in [0.25, 0.3) is 0 Å². The average molecular weight is 261 g/mol. The third-order valence-corrected chi connectivity index (χ3v) is 2.60. The van der Waals surface area contributed by atoms with Crippen molar-refractivity contribution in [2.24, 2.45) is 0 Å². The topological polar surface area (TPSA) is 40.5 Å². The summed E-state index contributed by atoms with van der Waals surface area (Å²) >= 11 is 3.04. The zero-order valence-corrected chi connectivity index (χ0v) is 9.55. The molecule has 0 radical (unpaired) electrons. The van der Waals surface area contributed by atoms with Gasteiger partial charge in [0, 0.05) is 5.46 Å². The molecule has 1 aromatic carbocycles. The Morgan fingerprint density at radius 1 is 1.36 bits per heavy atom. The van der Waals surface area contributed by atoms with Gasteiger partial charge in [-0.1, -0.05) is 19.9 Å². The SMILES string of the molecule is CC(C)c1cc(Br)c(F)c(B(O)O)c1. The van der Waals surface area contributed by atoms with Crippen molar-refractivity contribution in [1.82, 2.24) is 0 Å². The molecule has 0 unspecified atom stereocenters. The van der Waals surface area contributed by atoms with Crippen LogP contribution in [0.25, 0.3) is 0 Å². The monoisotopic (exact) mass is 260 g/mol. The lowest BCUT2D eigenvalue weighted by Crippen LogP contribution is -2.33. The Hall–Kier alpha value is -0.385. The van der Waals surface area contributed by atoms with Crippen molar-refractivity contribution in [2.45, 2.75) is 19.8 Å². The van der Waals surface area contributed by atoms with Gasteiger partial charge in [-0.15, -0.1) is 0 Å². The highest BCUT2D eigenvalue weighted by Crippen LogP contribution is 2.21. The second kappa shape index (κ2) is 4.42. The van der Waals surface area contributed by atoms with Crippen molar-refractivity contribution < 1.29 is 14.4 Å². The van der Waals surface area contributed by atoms with Crippen LogP contribution >= 0.6 is 15.9 Å². The van der Waals surface area contributed by atoms with Crippen LogP contribution in [0, 0.1) is 5.82 Å². The summed E-state index contributed by atoms with van der Waals surface area (Å²) in [7, 11) is -1.77. The zero-order valence-electron chi connectivity index (χ0n) is 7.96. The molecule has 0 atom stereocenters. The van der Waals surface area contributed by atoms with E-state index in [1.54, 1.807) is 6.07 Å². The average Bonchev–Trinajstić information content (AvgIpc) is 2.08. The van der Waals surface area contributed by atoms with Crippen LogP contribution in [0.2, 0.25) is 0 Å². The van der Waals surface area contributed by atoms with Crippen molar-refractivity contribution in [2.75, 3.05) is 0 Å². The fourth-order valence-corrected chi connectivity index (χ4v) is 1.65. The highest BCUT2D eigenvalue weighted by molar-refractivity contribution is 9.10. The minimum absolute atomic E-state index is 0.0944. The molecule has 0 spiro atoms. The van der Waals surface area contributed by atoms with Gasteiger partial charge in [0.2, 0.25) is 0 Å². The van der Waals surface area contributed by atoms with Crippen LogP contribution in [0.5, 0.6) is 0 Å². The summed E-state index contributed by atoms with van der Waals surface area (Å²) in [5, 5.41) is 17.9. The van der Waals surface area contributed by atoms with Crippen LogP contribution in [-0.2, 0) is 0 Å². The molecule has 0 amide bonds. The van der Waals surface area contributed by atoms with Gasteiger partial charge in [0.1, 0.15) is 5.82 Å². The highest BCUT2D eigenvalue weighted by Gasteiger charge is 2.20. The van der Waals surface area contributed by atoms with Crippen LogP contribution in [-0.4, -0.2) is 17.2 Å². The molecule has 76 valence electrons. The Bertz CT molecular complexity index is 342. The standard InChI is InChI=1S/C9H11BBrFO2/c1-5(2)6-3-7(10(13)14)9(12)8(11)4-6/h3-5,13-14H,1-2H3. The van der Waals surface area contributed by atoms with Crippen LogP contribution < -0.4 is 5.46 Å². The number of halogens is 2. The largest absolute Gasteiger partial charge is 0.491 e. The van der Waals surface area contributed by atoms with Crippen molar-refractivity contribution in [3.63, 3.8) is 0 Å². The maximum Gasteiger partial charge on any atom is 0.491 e.